The highest BCUT2D eigenvalue weighted by Crippen LogP contribution is 2.31. The SMILES string of the molecule is COc1cc(NC(=O)CN2N=C(c3ccccc3)c3cc(Cl)ccc3S2(=O)=O)cc(OC)c1. The molecule has 3 aromatic rings. The number of ether oxygens (including phenoxy) is 2. The maximum atomic E-state index is 13.2. The Bertz CT molecular complexity index is 1320. The standard InChI is InChI=1S/C23H20ClN3O5S/c1-31-18-11-17(12-19(13-18)32-2)25-22(28)14-27-26-23(15-6-4-3-5-7-15)20-10-16(24)8-9-21(20)33(27,29)30/h3-13H,14H2,1-2H3,(H,25,28). The van der Waals surface area contributed by atoms with E-state index in [1.165, 1.54) is 26.4 Å². The van der Waals surface area contributed by atoms with Gasteiger partial charge in [-0.2, -0.15) is 17.9 Å². The fourth-order valence-electron chi connectivity index (χ4n) is 3.38. The monoisotopic (exact) mass is 485 g/mol. The van der Waals surface area contributed by atoms with Crippen molar-refractivity contribution in [1.29, 1.82) is 0 Å². The molecule has 4 rings (SSSR count). The molecule has 8 nitrogen and oxygen atoms in total. The largest absolute Gasteiger partial charge is 0.497 e. The van der Waals surface area contributed by atoms with Gasteiger partial charge in [-0.25, -0.2) is 0 Å². The first-order chi connectivity index (χ1) is 15.8. The second-order valence-electron chi connectivity index (χ2n) is 7.09. The highest BCUT2D eigenvalue weighted by Gasteiger charge is 2.34. The summed E-state index contributed by atoms with van der Waals surface area (Å²) in [7, 11) is -1.10. The molecule has 33 heavy (non-hydrogen) atoms. The molecule has 0 unspecified atom stereocenters. The molecule has 0 aliphatic carbocycles. The number of benzene rings is 3. The predicted octanol–water partition coefficient (Wildman–Crippen LogP) is 3.75. The first-order valence-electron chi connectivity index (χ1n) is 9.81. The third-order valence-electron chi connectivity index (χ3n) is 4.92. The van der Waals surface area contributed by atoms with E-state index in [4.69, 9.17) is 21.1 Å². The number of carbonyl (C=O) groups excluding carboxylic acids is 1. The van der Waals surface area contributed by atoms with Crippen molar-refractivity contribution in [3.63, 3.8) is 0 Å². The van der Waals surface area contributed by atoms with E-state index in [2.05, 4.69) is 10.4 Å². The minimum atomic E-state index is -4.08. The minimum absolute atomic E-state index is 0.0246. The predicted molar refractivity (Wildman–Crippen MR) is 126 cm³/mol. The van der Waals surface area contributed by atoms with Crippen LogP contribution in [-0.2, 0) is 14.8 Å². The van der Waals surface area contributed by atoms with Crippen LogP contribution in [-0.4, -0.2) is 45.2 Å². The van der Waals surface area contributed by atoms with Crippen LogP contribution in [0.4, 0.5) is 5.69 Å². The topological polar surface area (TPSA) is 97.3 Å². The molecule has 1 aliphatic rings. The molecular formula is C23H20ClN3O5S. The van der Waals surface area contributed by atoms with E-state index >= 15 is 0 Å². The molecule has 0 aromatic heterocycles. The molecule has 0 radical (unpaired) electrons. The lowest BCUT2D eigenvalue weighted by Crippen LogP contribution is -2.38. The molecule has 1 heterocycles. The summed E-state index contributed by atoms with van der Waals surface area (Å²) < 4.78 is 37.7. The van der Waals surface area contributed by atoms with Crippen molar-refractivity contribution < 1.29 is 22.7 Å². The molecule has 0 bridgehead atoms. The van der Waals surface area contributed by atoms with Gasteiger partial charge in [0.05, 0.1) is 19.1 Å². The number of methoxy groups -OCH3 is 2. The van der Waals surface area contributed by atoms with Crippen LogP contribution in [0.5, 0.6) is 11.5 Å². The van der Waals surface area contributed by atoms with E-state index in [1.807, 2.05) is 30.3 Å². The zero-order valence-corrected chi connectivity index (χ0v) is 19.4. The quantitative estimate of drug-likeness (QED) is 0.573. The van der Waals surface area contributed by atoms with Gasteiger partial charge in [0.15, 0.2) is 0 Å². The molecule has 1 N–H and O–H groups in total. The Labute approximate surface area is 196 Å². The summed E-state index contributed by atoms with van der Waals surface area (Å²) in [4.78, 5) is 12.8. The lowest BCUT2D eigenvalue weighted by atomic mass is 10.0. The summed E-state index contributed by atoms with van der Waals surface area (Å²) >= 11 is 6.13. The fourth-order valence-corrected chi connectivity index (χ4v) is 4.93. The van der Waals surface area contributed by atoms with E-state index in [0.717, 1.165) is 4.41 Å². The third kappa shape index (κ3) is 4.64. The molecule has 1 aliphatic heterocycles. The Morgan fingerprint density at radius 1 is 1.00 bits per heavy atom. The summed E-state index contributed by atoms with van der Waals surface area (Å²) in [6.07, 6.45) is 0. The fraction of sp³-hybridized carbons (Fsp3) is 0.130. The number of rotatable bonds is 6. The molecule has 0 spiro atoms. The Kier molecular flexibility index (Phi) is 6.26. The number of carbonyl (C=O) groups is 1. The summed E-state index contributed by atoms with van der Waals surface area (Å²) in [6.45, 7) is -0.528. The highest BCUT2D eigenvalue weighted by molar-refractivity contribution is 7.89. The first-order valence-corrected chi connectivity index (χ1v) is 11.6. The normalized spacial score (nSPS) is 14.2. The van der Waals surface area contributed by atoms with Crippen molar-refractivity contribution in [1.82, 2.24) is 4.41 Å². The van der Waals surface area contributed by atoms with Crippen LogP contribution in [0.15, 0.2) is 76.7 Å². The Morgan fingerprint density at radius 2 is 1.67 bits per heavy atom. The maximum Gasteiger partial charge on any atom is 0.280 e. The molecule has 170 valence electrons. The summed E-state index contributed by atoms with van der Waals surface area (Å²) in [5.41, 5.74) is 1.87. The second kappa shape index (κ2) is 9.13. The van der Waals surface area contributed by atoms with Crippen LogP contribution in [0.2, 0.25) is 5.02 Å². The van der Waals surface area contributed by atoms with Crippen LogP contribution < -0.4 is 14.8 Å². The lowest BCUT2D eigenvalue weighted by Gasteiger charge is -2.27. The van der Waals surface area contributed by atoms with Crippen molar-refractivity contribution >= 4 is 38.9 Å². The number of nitrogens with one attached hydrogen (secondary N) is 1. The average molecular weight is 486 g/mol. The number of hydrogen-bond acceptors (Lipinski definition) is 6. The number of anilines is 1. The Balaban J connectivity index is 1.69. The molecule has 0 fully saturated rings. The molecular weight excluding hydrogens is 466 g/mol. The number of amides is 1. The van der Waals surface area contributed by atoms with Crippen molar-refractivity contribution in [2.45, 2.75) is 4.90 Å². The van der Waals surface area contributed by atoms with Gasteiger partial charge in [-0.15, -0.1) is 0 Å². The first kappa shape index (κ1) is 22.6. The van der Waals surface area contributed by atoms with Crippen molar-refractivity contribution in [3.8, 4) is 11.5 Å². The molecule has 0 atom stereocenters. The average Bonchev–Trinajstić information content (AvgIpc) is 2.81. The molecule has 0 saturated heterocycles. The number of hydrogen-bond donors (Lipinski definition) is 1. The molecule has 0 saturated carbocycles. The Hall–Kier alpha value is -3.56. The highest BCUT2D eigenvalue weighted by atomic mass is 35.5. The minimum Gasteiger partial charge on any atom is -0.497 e. The van der Waals surface area contributed by atoms with Crippen LogP contribution in [0.3, 0.4) is 0 Å². The summed E-state index contributed by atoms with van der Waals surface area (Å²) in [5, 5.41) is 7.38. The molecule has 10 heteroatoms. The summed E-state index contributed by atoms with van der Waals surface area (Å²) in [6, 6.07) is 18.4. The molecule has 3 aromatic carbocycles. The van der Waals surface area contributed by atoms with Gasteiger partial charge >= 0.3 is 0 Å². The van der Waals surface area contributed by atoms with E-state index in [1.54, 1.807) is 24.3 Å². The van der Waals surface area contributed by atoms with Crippen molar-refractivity contribution in [3.05, 3.63) is 82.9 Å². The van der Waals surface area contributed by atoms with Gasteiger partial charge in [0.1, 0.15) is 23.8 Å². The van der Waals surface area contributed by atoms with Crippen LogP contribution >= 0.6 is 11.6 Å². The Morgan fingerprint density at radius 3 is 2.30 bits per heavy atom. The van der Waals surface area contributed by atoms with Gasteiger partial charge in [-0.1, -0.05) is 41.9 Å². The van der Waals surface area contributed by atoms with Gasteiger partial charge in [0.2, 0.25) is 5.91 Å². The zero-order chi connectivity index (χ0) is 23.6. The lowest BCUT2D eigenvalue weighted by molar-refractivity contribution is -0.116. The number of fused-ring (bicyclic) bond motifs is 1. The van der Waals surface area contributed by atoms with Crippen LogP contribution in [0.25, 0.3) is 0 Å². The summed E-state index contributed by atoms with van der Waals surface area (Å²) in [5.74, 6) is 0.373. The van der Waals surface area contributed by atoms with Crippen LogP contribution in [0, 0.1) is 0 Å². The molecule has 1 amide bonds. The third-order valence-corrected chi connectivity index (χ3v) is 6.84. The van der Waals surface area contributed by atoms with Gasteiger partial charge in [-0.05, 0) is 18.2 Å². The van der Waals surface area contributed by atoms with E-state index in [9.17, 15) is 13.2 Å². The maximum absolute atomic E-state index is 13.2. The van der Waals surface area contributed by atoms with E-state index in [0.29, 0.717) is 39.0 Å². The van der Waals surface area contributed by atoms with E-state index in [-0.39, 0.29) is 4.90 Å². The van der Waals surface area contributed by atoms with Crippen molar-refractivity contribution in [2.24, 2.45) is 5.10 Å². The number of hydrazone groups is 1. The second-order valence-corrected chi connectivity index (χ2v) is 9.34. The van der Waals surface area contributed by atoms with Gasteiger partial charge in [-0.3, -0.25) is 4.79 Å². The van der Waals surface area contributed by atoms with Gasteiger partial charge < -0.3 is 14.8 Å². The van der Waals surface area contributed by atoms with E-state index < -0.39 is 22.5 Å². The smallest absolute Gasteiger partial charge is 0.280 e. The zero-order valence-electron chi connectivity index (χ0n) is 17.8. The number of sulfonamides is 1. The van der Waals surface area contributed by atoms with Crippen LogP contribution in [0.1, 0.15) is 11.1 Å². The number of halogens is 1. The van der Waals surface area contributed by atoms with Gasteiger partial charge in [0, 0.05) is 40.0 Å². The van der Waals surface area contributed by atoms with Gasteiger partial charge in [0.25, 0.3) is 10.0 Å². The number of nitrogens with zero attached hydrogens (tertiary/aromatic N) is 2. The van der Waals surface area contributed by atoms with Crippen molar-refractivity contribution in [2.75, 3.05) is 26.1 Å².